The summed E-state index contributed by atoms with van der Waals surface area (Å²) in [6.07, 6.45) is 5.65. The van der Waals surface area contributed by atoms with Gasteiger partial charge in [0.1, 0.15) is 5.82 Å². The Morgan fingerprint density at radius 1 is 1.24 bits per heavy atom. The largest absolute Gasteiger partial charge is 0.392 e. The molecule has 1 amide bonds. The predicted octanol–water partition coefficient (Wildman–Crippen LogP) is 3.48. The zero-order valence-corrected chi connectivity index (χ0v) is 20.1. The molecule has 7 heteroatoms. The molecule has 1 saturated heterocycles. The molecule has 2 heterocycles. The lowest BCUT2D eigenvalue weighted by Gasteiger charge is -2.35. The molecule has 1 aromatic carbocycles. The van der Waals surface area contributed by atoms with Crippen molar-refractivity contribution in [2.24, 2.45) is 5.92 Å². The Morgan fingerprint density at radius 2 is 1.91 bits per heavy atom. The van der Waals surface area contributed by atoms with Crippen molar-refractivity contribution < 1.29 is 9.90 Å². The van der Waals surface area contributed by atoms with Crippen molar-refractivity contribution in [1.82, 2.24) is 15.2 Å². The highest BCUT2D eigenvalue weighted by Crippen LogP contribution is 2.40. The van der Waals surface area contributed by atoms with Crippen LogP contribution >= 0.6 is 0 Å². The van der Waals surface area contributed by atoms with Crippen molar-refractivity contribution in [2.45, 2.75) is 51.8 Å². The van der Waals surface area contributed by atoms with E-state index in [4.69, 9.17) is 0 Å². The van der Waals surface area contributed by atoms with E-state index in [1.54, 1.807) is 13.2 Å². The van der Waals surface area contributed by atoms with Gasteiger partial charge in [-0.25, -0.2) is 4.98 Å². The van der Waals surface area contributed by atoms with Gasteiger partial charge in [-0.3, -0.25) is 9.69 Å². The van der Waals surface area contributed by atoms with Crippen LogP contribution in [0.2, 0.25) is 0 Å². The van der Waals surface area contributed by atoms with Gasteiger partial charge in [-0.1, -0.05) is 37.1 Å². The summed E-state index contributed by atoms with van der Waals surface area (Å²) in [5, 5.41) is 16.5. The first-order valence-corrected chi connectivity index (χ1v) is 12.1. The highest BCUT2D eigenvalue weighted by Gasteiger charge is 2.30. The van der Waals surface area contributed by atoms with Crippen molar-refractivity contribution in [3.63, 3.8) is 0 Å². The minimum absolute atomic E-state index is 0.0584. The van der Waals surface area contributed by atoms with E-state index in [9.17, 15) is 9.90 Å². The van der Waals surface area contributed by atoms with Crippen molar-refractivity contribution in [3.05, 3.63) is 53.2 Å². The molecule has 1 saturated carbocycles. The van der Waals surface area contributed by atoms with Gasteiger partial charge in [0, 0.05) is 70.1 Å². The summed E-state index contributed by atoms with van der Waals surface area (Å²) >= 11 is 0. The minimum Gasteiger partial charge on any atom is -0.392 e. The molecule has 0 spiro atoms. The summed E-state index contributed by atoms with van der Waals surface area (Å²) in [6.45, 7) is 7.84. The monoisotopic (exact) mass is 451 g/mol. The van der Waals surface area contributed by atoms with Gasteiger partial charge in [-0.2, -0.15) is 0 Å². The fourth-order valence-corrected chi connectivity index (χ4v) is 4.63. The first-order chi connectivity index (χ1) is 16.0. The molecule has 178 valence electrons. The molecule has 2 atom stereocenters. The average Bonchev–Trinajstić information content (AvgIpc) is 3.67. The van der Waals surface area contributed by atoms with E-state index in [2.05, 4.69) is 51.7 Å². The minimum atomic E-state index is -0.160. The lowest BCUT2D eigenvalue weighted by atomic mass is 9.96. The standard InChI is InChI=1S/C26H37N5O2/c1-18(29-26-15-24(30(3)19(2)33)23(17-32)16-28-26)21-6-8-22(9-7-21)25(14-20-4-5-20)31-12-10-27-11-13-31/h6-9,15-16,18,20,25,27,32H,4-5,10-14,17H2,1-3H3,(H,28,29)/t18-,25?/m0/s1. The smallest absolute Gasteiger partial charge is 0.223 e. The third-order valence-corrected chi connectivity index (χ3v) is 7.00. The van der Waals surface area contributed by atoms with E-state index in [0.29, 0.717) is 23.1 Å². The average molecular weight is 452 g/mol. The second-order valence-corrected chi connectivity index (χ2v) is 9.45. The molecule has 2 aliphatic rings. The number of carbonyl (C=O) groups excluding carboxylic acids is 1. The number of rotatable bonds is 9. The quantitative estimate of drug-likeness (QED) is 0.542. The van der Waals surface area contributed by atoms with E-state index in [1.165, 1.54) is 42.2 Å². The fraction of sp³-hybridized carbons (Fsp3) is 0.538. The topological polar surface area (TPSA) is 80.7 Å². The summed E-state index contributed by atoms with van der Waals surface area (Å²) in [7, 11) is 1.71. The number of aliphatic hydroxyl groups excluding tert-OH is 1. The number of hydrogen-bond acceptors (Lipinski definition) is 6. The molecule has 1 unspecified atom stereocenters. The van der Waals surface area contributed by atoms with E-state index in [1.807, 2.05) is 6.07 Å². The zero-order chi connectivity index (χ0) is 23.4. The van der Waals surface area contributed by atoms with Crippen molar-refractivity contribution in [2.75, 3.05) is 43.4 Å². The van der Waals surface area contributed by atoms with Gasteiger partial charge < -0.3 is 20.6 Å². The zero-order valence-electron chi connectivity index (χ0n) is 20.1. The molecular formula is C26H37N5O2. The van der Waals surface area contributed by atoms with Crippen LogP contribution in [0, 0.1) is 5.92 Å². The third kappa shape index (κ3) is 5.91. The van der Waals surface area contributed by atoms with Gasteiger partial charge in [0.15, 0.2) is 0 Å². The number of hydrogen-bond donors (Lipinski definition) is 3. The first-order valence-electron chi connectivity index (χ1n) is 12.1. The number of anilines is 2. The van der Waals surface area contributed by atoms with E-state index in [-0.39, 0.29) is 18.6 Å². The normalized spacial score (nSPS) is 18.5. The number of piperazine rings is 1. The van der Waals surface area contributed by atoms with Crippen LogP contribution in [0.25, 0.3) is 0 Å². The van der Waals surface area contributed by atoms with Crippen molar-refractivity contribution in [1.29, 1.82) is 0 Å². The number of amides is 1. The number of benzene rings is 1. The molecule has 2 fully saturated rings. The Balaban J connectivity index is 1.47. The Labute approximate surface area is 197 Å². The molecule has 3 N–H and O–H groups in total. The molecule has 7 nitrogen and oxygen atoms in total. The van der Waals surface area contributed by atoms with Crippen LogP contribution in [0.4, 0.5) is 11.5 Å². The fourth-order valence-electron chi connectivity index (χ4n) is 4.63. The Morgan fingerprint density at radius 3 is 2.52 bits per heavy atom. The van der Waals surface area contributed by atoms with Crippen LogP contribution in [0.1, 0.15) is 61.9 Å². The first kappa shape index (κ1) is 23.7. The molecule has 2 aromatic rings. The molecular weight excluding hydrogens is 414 g/mol. The summed E-state index contributed by atoms with van der Waals surface area (Å²) in [4.78, 5) is 20.5. The SMILES string of the molecule is CC(=O)N(C)c1cc(N[C@@H](C)c2ccc(C(CC3CC3)N3CCNCC3)cc2)ncc1CO. The lowest BCUT2D eigenvalue weighted by Crippen LogP contribution is -2.45. The van der Waals surface area contributed by atoms with Crippen molar-refractivity contribution >= 4 is 17.4 Å². The molecule has 0 radical (unpaired) electrons. The van der Waals surface area contributed by atoms with E-state index < -0.39 is 0 Å². The maximum Gasteiger partial charge on any atom is 0.223 e. The number of pyridine rings is 1. The Bertz CT molecular complexity index is 938. The third-order valence-electron chi connectivity index (χ3n) is 7.00. The van der Waals surface area contributed by atoms with Gasteiger partial charge in [0.2, 0.25) is 5.91 Å². The van der Waals surface area contributed by atoms with Crippen molar-refractivity contribution in [3.8, 4) is 0 Å². The van der Waals surface area contributed by atoms with Crippen LogP contribution in [-0.2, 0) is 11.4 Å². The molecule has 4 rings (SSSR count). The molecule has 1 aromatic heterocycles. The highest BCUT2D eigenvalue weighted by molar-refractivity contribution is 5.92. The van der Waals surface area contributed by atoms with Gasteiger partial charge in [0.05, 0.1) is 12.3 Å². The van der Waals surface area contributed by atoms with Crippen LogP contribution in [0.3, 0.4) is 0 Å². The number of aromatic nitrogens is 1. The second kappa shape index (κ2) is 10.6. The summed E-state index contributed by atoms with van der Waals surface area (Å²) in [6, 6.07) is 11.4. The summed E-state index contributed by atoms with van der Waals surface area (Å²) in [5.74, 6) is 1.48. The van der Waals surface area contributed by atoms with Gasteiger partial charge in [-0.05, 0) is 30.4 Å². The predicted molar refractivity (Wildman–Crippen MR) is 132 cm³/mol. The summed E-state index contributed by atoms with van der Waals surface area (Å²) < 4.78 is 0. The lowest BCUT2D eigenvalue weighted by molar-refractivity contribution is -0.116. The molecule has 0 bridgehead atoms. The summed E-state index contributed by atoms with van der Waals surface area (Å²) in [5.41, 5.74) is 3.91. The Hall–Kier alpha value is -2.48. The van der Waals surface area contributed by atoms with Gasteiger partial charge in [-0.15, -0.1) is 0 Å². The maximum atomic E-state index is 11.8. The molecule has 1 aliphatic carbocycles. The van der Waals surface area contributed by atoms with Gasteiger partial charge in [0.25, 0.3) is 0 Å². The molecule has 1 aliphatic heterocycles. The number of carbonyl (C=O) groups is 1. The van der Waals surface area contributed by atoms with Gasteiger partial charge >= 0.3 is 0 Å². The van der Waals surface area contributed by atoms with Crippen LogP contribution < -0.4 is 15.5 Å². The van der Waals surface area contributed by atoms with Crippen LogP contribution in [-0.4, -0.2) is 54.1 Å². The second-order valence-electron chi connectivity index (χ2n) is 9.45. The highest BCUT2D eigenvalue weighted by atomic mass is 16.3. The number of nitrogens with zero attached hydrogens (tertiary/aromatic N) is 3. The number of aliphatic hydroxyl groups is 1. The molecule has 33 heavy (non-hydrogen) atoms. The van der Waals surface area contributed by atoms with Crippen LogP contribution in [0.15, 0.2) is 36.5 Å². The van der Waals surface area contributed by atoms with E-state index >= 15 is 0 Å². The van der Waals surface area contributed by atoms with Crippen LogP contribution in [0.5, 0.6) is 0 Å². The van der Waals surface area contributed by atoms with E-state index in [0.717, 1.165) is 32.1 Å². The number of nitrogens with one attached hydrogen (secondary N) is 2. The Kier molecular flexibility index (Phi) is 7.63. The maximum absolute atomic E-state index is 11.8.